The van der Waals surface area contributed by atoms with Gasteiger partial charge in [0.25, 0.3) is 0 Å². The summed E-state index contributed by atoms with van der Waals surface area (Å²) < 4.78 is 0. The van der Waals surface area contributed by atoms with E-state index in [1.54, 1.807) is 0 Å². The molecule has 0 aromatic rings. The van der Waals surface area contributed by atoms with Crippen molar-refractivity contribution in [2.24, 2.45) is 5.73 Å². The predicted molar refractivity (Wildman–Crippen MR) is 65.5 cm³/mol. The molecule has 0 aliphatic carbocycles. The lowest BCUT2D eigenvalue weighted by molar-refractivity contribution is 0.177. The average molecular weight is 214 g/mol. The number of nitrogens with two attached hydrogens (primary N) is 1. The molecule has 0 amide bonds. The summed E-state index contributed by atoms with van der Waals surface area (Å²) in [5.74, 6) is 0. The first-order valence-electron chi connectivity index (χ1n) is 5.72. The Labute approximate surface area is 92.8 Å². The van der Waals surface area contributed by atoms with Gasteiger partial charge in [-0.05, 0) is 32.7 Å². The van der Waals surface area contributed by atoms with E-state index < -0.39 is 0 Å². The summed E-state index contributed by atoms with van der Waals surface area (Å²) in [5.41, 5.74) is 5.72. The molecule has 0 aromatic carbocycles. The maximum atomic E-state index is 5.72. The Bertz CT molecular complexity index is 194. The standard InChI is InChI=1S/C11H22N2S/c1-3-10-7-5-4-6-8-13(10)9(2)11(12)14/h9-10H,3-8H2,1-2H3,(H2,12,14). The van der Waals surface area contributed by atoms with Gasteiger partial charge in [-0.2, -0.15) is 0 Å². The van der Waals surface area contributed by atoms with Crippen molar-refractivity contribution in [1.82, 2.24) is 4.90 Å². The van der Waals surface area contributed by atoms with Crippen LogP contribution in [0, 0.1) is 0 Å². The van der Waals surface area contributed by atoms with Crippen molar-refractivity contribution in [3.63, 3.8) is 0 Å². The van der Waals surface area contributed by atoms with E-state index in [0.29, 0.717) is 11.0 Å². The van der Waals surface area contributed by atoms with Gasteiger partial charge in [0.2, 0.25) is 0 Å². The van der Waals surface area contributed by atoms with Gasteiger partial charge in [-0.25, -0.2) is 0 Å². The van der Waals surface area contributed by atoms with Gasteiger partial charge in [-0.3, -0.25) is 4.90 Å². The Morgan fingerprint density at radius 2 is 2.21 bits per heavy atom. The lowest BCUT2D eigenvalue weighted by atomic mass is 10.1. The van der Waals surface area contributed by atoms with Crippen LogP contribution in [0.15, 0.2) is 0 Å². The Balaban J connectivity index is 2.64. The second-order valence-electron chi connectivity index (χ2n) is 4.23. The summed E-state index contributed by atoms with van der Waals surface area (Å²) >= 11 is 5.08. The molecule has 0 saturated carbocycles. The van der Waals surface area contributed by atoms with Crippen LogP contribution in [0.1, 0.15) is 46.0 Å². The van der Waals surface area contributed by atoms with Gasteiger partial charge in [-0.1, -0.05) is 32.0 Å². The van der Waals surface area contributed by atoms with Crippen LogP contribution >= 0.6 is 12.2 Å². The Morgan fingerprint density at radius 1 is 1.50 bits per heavy atom. The molecule has 2 atom stereocenters. The molecule has 1 aliphatic rings. The molecule has 2 nitrogen and oxygen atoms in total. The number of thiocarbonyl (C=S) groups is 1. The largest absolute Gasteiger partial charge is 0.392 e. The molecule has 1 rings (SSSR count). The highest BCUT2D eigenvalue weighted by Crippen LogP contribution is 2.21. The van der Waals surface area contributed by atoms with Gasteiger partial charge in [-0.15, -0.1) is 0 Å². The minimum atomic E-state index is 0.271. The van der Waals surface area contributed by atoms with Crippen LogP contribution in [-0.4, -0.2) is 28.5 Å². The third kappa shape index (κ3) is 2.92. The van der Waals surface area contributed by atoms with Gasteiger partial charge in [0.1, 0.15) is 0 Å². The first-order chi connectivity index (χ1) is 6.66. The van der Waals surface area contributed by atoms with Gasteiger partial charge >= 0.3 is 0 Å². The minimum absolute atomic E-state index is 0.271. The quantitative estimate of drug-likeness (QED) is 0.731. The van der Waals surface area contributed by atoms with Crippen LogP contribution in [-0.2, 0) is 0 Å². The molecule has 14 heavy (non-hydrogen) atoms. The number of hydrogen-bond acceptors (Lipinski definition) is 2. The lowest BCUT2D eigenvalue weighted by Crippen LogP contribution is -2.47. The van der Waals surface area contributed by atoms with Gasteiger partial charge < -0.3 is 5.73 Å². The fourth-order valence-electron chi connectivity index (χ4n) is 2.31. The average Bonchev–Trinajstić information content (AvgIpc) is 2.40. The van der Waals surface area contributed by atoms with Crippen molar-refractivity contribution in [2.45, 2.75) is 58.0 Å². The molecule has 3 heteroatoms. The van der Waals surface area contributed by atoms with Crippen molar-refractivity contribution < 1.29 is 0 Å². The minimum Gasteiger partial charge on any atom is -0.392 e. The molecule has 2 unspecified atom stereocenters. The third-order valence-electron chi connectivity index (χ3n) is 3.30. The number of hydrogen-bond donors (Lipinski definition) is 1. The molecule has 1 heterocycles. The highest BCUT2D eigenvalue weighted by molar-refractivity contribution is 7.80. The topological polar surface area (TPSA) is 29.3 Å². The number of rotatable bonds is 3. The van der Waals surface area contributed by atoms with Crippen LogP contribution in [0.4, 0.5) is 0 Å². The molecule has 1 aliphatic heterocycles. The van der Waals surface area contributed by atoms with Crippen molar-refractivity contribution in [2.75, 3.05) is 6.54 Å². The van der Waals surface area contributed by atoms with E-state index in [1.165, 1.54) is 32.1 Å². The summed E-state index contributed by atoms with van der Waals surface area (Å²) in [5, 5.41) is 0. The summed E-state index contributed by atoms with van der Waals surface area (Å²) in [4.78, 5) is 3.14. The van der Waals surface area contributed by atoms with E-state index in [2.05, 4.69) is 18.7 Å². The van der Waals surface area contributed by atoms with Crippen LogP contribution in [0.3, 0.4) is 0 Å². The molecule has 0 aromatic heterocycles. The van der Waals surface area contributed by atoms with E-state index in [0.717, 1.165) is 6.54 Å². The van der Waals surface area contributed by atoms with Gasteiger partial charge in [0, 0.05) is 6.04 Å². The molecular formula is C11H22N2S. The zero-order valence-corrected chi connectivity index (χ0v) is 10.1. The summed E-state index contributed by atoms with van der Waals surface area (Å²) in [6, 6.07) is 0.960. The maximum Gasteiger partial charge on any atom is 0.0899 e. The van der Waals surface area contributed by atoms with E-state index in [-0.39, 0.29) is 6.04 Å². The molecule has 0 radical (unpaired) electrons. The lowest BCUT2D eigenvalue weighted by Gasteiger charge is -2.34. The SMILES string of the molecule is CCC1CCCCCN1C(C)C(N)=S. The van der Waals surface area contributed by atoms with Crippen LogP contribution in [0.5, 0.6) is 0 Å². The summed E-state index contributed by atoms with van der Waals surface area (Å²) in [7, 11) is 0. The molecule has 1 saturated heterocycles. The zero-order chi connectivity index (χ0) is 10.6. The first-order valence-corrected chi connectivity index (χ1v) is 6.12. The molecule has 82 valence electrons. The van der Waals surface area contributed by atoms with Crippen molar-refractivity contribution in [3.05, 3.63) is 0 Å². The fourth-order valence-corrected chi connectivity index (χ4v) is 2.45. The van der Waals surface area contributed by atoms with Gasteiger partial charge in [0.15, 0.2) is 0 Å². The maximum absolute atomic E-state index is 5.72. The molecular weight excluding hydrogens is 192 g/mol. The highest BCUT2D eigenvalue weighted by Gasteiger charge is 2.24. The van der Waals surface area contributed by atoms with Gasteiger partial charge in [0.05, 0.1) is 11.0 Å². The van der Waals surface area contributed by atoms with E-state index in [9.17, 15) is 0 Å². The van der Waals surface area contributed by atoms with Crippen molar-refractivity contribution in [3.8, 4) is 0 Å². The van der Waals surface area contributed by atoms with Crippen LogP contribution in [0.25, 0.3) is 0 Å². The monoisotopic (exact) mass is 214 g/mol. The van der Waals surface area contributed by atoms with E-state index in [4.69, 9.17) is 18.0 Å². The fraction of sp³-hybridized carbons (Fsp3) is 0.909. The third-order valence-corrected chi connectivity index (χ3v) is 3.64. The second-order valence-corrected chi connectivity index (χ2v) is 4.70. The molecule has 1 fully saturated rings. The highest BCUT2D eigenvalue weighted by atomic mass is 32.1. The Morgan fingerprint density at radius 3 is 2.79 bits per heavy atom. The Kier molecular flexibility index (Phi) is 4.82. The van der Waals surface area contributed by atoms with Crippen molar-refractivity contribution >= 4 is 17.2 Å². The summed E-state index contributed by atoms with van der Waals surface area (Å²) in [6.45, 7) is 5.56. The second kappa shape index (κ2) is 5.66. The van der Waals surface area contributed by atoms with E-state index in [1.807, 2.05) is 0 Å². The van der Waals surface area contributed by atoms with Crippen LogP contribution < -0.4 is 5.73 Å². The summed E-state index contributed by atoms with van der Waals surface area (Å²) in [6.07, 6.45) is 6.54. The smallest absolute Gasteiger partial charge is 0.0899 e. The van der Waals surface area contributed by atoms with Crippen LogP contribution in [0.2, 0.25) is 0 Å². The Hall–Kier alpha value is -0.150. The van der Waals surface area contributed by atoms with Crippen molar-refractivity contribution in [1.29, 1.82) is 0 Å². The normalized spacial score (nSPS) is 26.9. The molecule has 2 N–H and O–H groups in total. The zero-order valence-electron chi connectivity index (χ0n) is 9.33. The molecule has 0 bridgehead atoms. The molecule has 0 spiro atoms. The number of likely N-dealkylation sites (tertiary alicyclic amines) is 1. The van der Waals surface area contributed by atoms with E-state index >= 15 is 0 Å². The predicted octanol–water partition coefficient (Wildman–Crippen LogP) is 2.32. The first kappa shape index (κ1) is 11.9. The number of nitrogens with zero attached hydrogens (tertiary/aromatic N) is 1.